The third-order valence-electron chi connectivity index (χ3n) is 4.56. The van der Waals surface area contributed by atoms with Crippen LogP contribution in [0.3, 0.4) is 0 Å². The van der Waals surface area contributed by atoms with Crippen LogP contribution in [0.4, 0.5) is 5.82 Å². The minimum absolute atomic E-state index is 0.0613. The molecule has 0 radical (unpaired) electrons. The molecule has 3 aromatic rings. The first-order valence-corrected chi connectivity index (χ1v) is 8.84. The minimum Gasteiger partial charge on any atom is -0.478 e. The first kappa shape index (κ1) is 16.8. The molecule has 4 N–H and O–H groups in total. The number of hydrogen-bond donors (Lipinski definition) is 4. The van der Waals surface area contributed by atoms with Crippen molar-refractivity contribution < 1.29 is 9.90 Å². The number of pyridine rings is 2. The van der Waals surface area contributed by atoms with E-state index in [1.54, 1.807) is 0 Å². The van der Waals surface area contributed by atoms with Gasteiger partial charge in [-0.05, 0) is 44.1 Å². The lowest BCUT2D eigenvalue weighted by Gasteiger charge is -2.24. The fourth-order valence-corrected chi connectivity index (χ4v) is 3.50. The maximum Gasteiger partial charge on any atom is 0.337 e. The third kappa shape index (κ3) is 3.23. The monoisotopic (exact) mass is 371 g/mol. The maximum atomic E-state index is 11.1. The van der Waals surface area contributed by atoms with Gasteiger partial charge >= 0.3 is 5.97 Å². The number of rotatable bonds is 4. The first-order chi connectivity index (χ1) is 12.6. The summed E-state index contributed by atoms with van der Waals surface area (Å²) in [6, 6.07) is 5.62. The highest BCUT2D eigenvalue weighted by molar-refractivity contribution is 6.33. The van der Waals surface area contributed by atoms with Crippen molar-refractivity contribution in [3.05, 3.63) is 41.2 Å². The zero-order valence-electron chi connectivity index (χ0n) is 13.9. The summed E-state index contributed by atoms with van der Waals surface area (Å²) in [4.78, 5) is 23.2. The lowest BCUT2D eigenvalue weighted by molar-refractivity contribution is 0.0696. The molecule has 134 valence electrons. The summed E-state index contributed by atoms with van der Waals surface area (Å²) in [5.41, 5.74) is 2.15. The molecule has 1 saturated heterocycles. The quantitative estimate of drug-likeness (QED) is 0.562. The Morgan fingerprint density at radius 3 is 2.85 bits per heavy atom. The fourth-order valence-electron chi connectivity index (χ4n) is 3.24. The van der Waals surface area contributed by atoms with Crippen molar-refractivity contribution in [3.63, 3.8) is 0 Å². The van der Waals surface area contributed by atoms with Gasteiger partial charge in [0.25, 0.3) is 0 Å². The molecular weight excluding hydrogens is 354 g/mol. The number of aromatic nitrogens is 3. The largest absolute Gasteiger partial charge is 0.478 e. The van der Waals surface area contributed by atoms with Gasteiger partial charge in [0.1, 0.15) is 11.5 Å². The molecule has 0 amide bonds. The molecule has 0 aliphatic carbocycles. The number of carboxylic acid groups (broad SMARTS) is 1. The molecule has 4 heterocycles. The molecule has 0 aromatic carbocycles. The van der Waals surface area contributed by atoms with Gasteiger partial charge in [-0.3, -0.25) is 4.98 Å². The van der Waals surface area contributed by atoms with Gasteiger partial charge in [-0.25, -0.2) is 9.78 Å². The number of hydrogen-bond acceptors (Lipinski definition) is 5. The molecule has 0 bridgehead atoms. The van der Waals surface area contributed by atoms with E-state index < -0.39 is 5.97 Å². The van der Waals surface area contributed by atoms with E-state index in [0.29, 0.717) is 16.8 Å². The van der Waals surface area contributed by atoms with E-state index in [2.05, 4.69) is 25.6 Å². The molecule has 0 unspecified atom stereocenters. The van der Waals surface area contributed by atoms with Crippen molar-refractivity contribution in [2.24, 2.45) is 0 Å². The van der Waals surface area contributed by atoms with E-state index in [0.717, 1.165) is 48.3 Å². The molecule has 8 heteroatoms. The number of nitrogens with one attached hydrogen (secondary N) is 3. The van der Waals surface area contributed by atoms with Crippen LogP contribution in [0.15, 0.2) is 30.6 Å². The van der Waals surface area contributed by atoms with Crippen molar-refractivity contribution in [2.75, 3.05) is 18.4 Å². The number of halogens is 1. The second-order valence-electron chi connectivity index (χ2n) is 6.32. The second kappa shape index (κ2) is 6.93. The second-order valence-corrected chi connectivity index (χ2v) is 6.73. The van der Waals surface area contributed by atoms with E-state index in [1.807, 2.05) is 18.3 Å². The Balaban J connectivity index is 1.76. The fraction of sp³-hybridized carbons (Fsp3) is 0.278. The van der Waals surface area contributed by atoms with E-state index >= 15 is 0 Å². The number of carboxylic acids is 1. The highest BCUT2D eigenvalue weighted by Gasteiger charge is 2.18. The van der Waals surface area contributed by atoms with Crippen molar-refractivity contribution in [3.8, 4) is 11.3 Å². The van der Waals surface area contributed by atoms with Crippen LogP contribution >= 0.6 is 11.6 Å². The zero-order valence-corrected chi connectivity index (χ0v) is 14.7. The predicted octanol–water partition coefficient (Wildman–Crippen LogP) is 3.14. The van der Waals surface area contributed by atoms with Gasteiger partial charge in [-0.15, -0.1) is 0 Å². The SMILES string of the molecule is O=C(O)c1cnc(-c2cc(NC3CCNCC3)nc3[nH]ccc23)c(Cl)c1. The standard InChI is InChI=1S/C18H18ClN5O2/c19-14-7-10(18(25)26)9-22-16(14)13-8-15(23-11-1-4-20-5-2-11)24-17-12(13)3-6-21-17/h3,6-9,11,20H,1-2,4-5H2,(H,25,26)(H2,21,23,24). The van der Waals surface area contributed by atoms with Crippen molar-refractivity contribution in [2.45, 2.75) is 18.9 Å². The Morgan fingerprint density at radius 2 is 2.12 bits per heavy atom. The molecule has 0 saturated carbocycles. The zero-order chi connectivity index (χ0) is 18.1. The summed E-state index contributed by atoms with van der Waals surface area (Å²) in [5, 5.41) is 17.1. The normalized spacial score (nSPS) is 15.3. The first-order valence-electron chi connectivity index (χ1n) is 8.46. The molecule has 4 rings (SSSR count). The van der Waals surface area contributed by atoms with Gasteiger partial charge in [-0.1, -0.05) is 11.6 Å². The van der Waals surface area contributed by atoms with Gasteiger partial charge in [0.2, 0.25) is 0 Å². The Kier molecular flexibility index (Phi) is 4.48. The molecule has 0 spiro atoms. The average molecular weight is 372 g/mol. The van der Waals surface area contributed by atoms with Crippen LogP contribution in [-0.2, 0) is 0 Å². The molecule has 26 heavy (non-hydrogen) atoms. The molecule has 0 atom stereocenters. The summed E-state index contributed by atoms with van der Waals surface area (Å²) in [5.74, 6) is -0.303. The number of fused-ring (bicyclic) bond motifs is 1. The van der Waals surface area contributed by atoms with Crippen molar-refractivity contribution in [1.82, 2.24) is 20.3 Å². The number of H-pyrrole nitrogens is 1. The highest BCUT2D eigenvalue weighted by Crippen LogP contribution is 2.33. The Bertz CT molecular complexity index is 965. The average Bonchev–Trinajstić information content (AvgIpc) is 3.10. The number of carbonyl (C=O) groups is 1. The van der Waals surface area contributed by atoms with Crippen LogP contribution in [0.25, 0.3) is 22.3 Å². The number of aromatic carboxylic acids is 1. The van der Waals surface area contributed by atoms with E-state index in [1.165, 1.54) is 12.3 Å². The number of nitrogens with zero attached hydrogens (tertiary/aromatic N) is 2. The number of aromatic amines is 1. The summed E-state index contributed by atoms with van der Waals surface area (Å²) in [6.07, 6.45) is 5.20. The topological polar surface area (TPSA) is 103 Å². The summed E-state index contributed by atoms with van der Waals surface area (Å²) in [6.45, 7) is 1.97. The summed E-state index contributed by atoms with van der Waals surface area (Å²) < 4.78 is 0. The summed E-state index contributed by atoms with van der Waals surface area (Å²) in [7, 11) is 0. The van der Waals surface area contributed by atoms with Gasteiger partial charge in [-0.2, -0.15) is 0 Å². The number of piperidine rings is 1. The van der Waals surface area contributed by atoms with Crippen molar-refractivity contribution >= 4 is 34.4 Å². The van der Waals surface area contributed by atoms with Crippen LogP contribution < -0.4 is 10.6 Å². The molecular formula is C18H18ClN5O2. The molecule has 1 fully saturated rings. The van der Waals surface area contributed by atoms with Crippen LogP contribution in [0.1, 0.15) is 23.2 Å². The van der Waals surface area contributed by atoms with Crippen LogP contribution in [-0.4, -0.2) is 45.2 Å². The lowest BCUT2D eigenvalue weighted by Crippen LogP contribution is -2.35. The predicted molar refractivity (Wildman–Crippen MR) is 101 cm³/mol. The third-order valence-corrected chi connectivity index (χ3v) is 4.85. The van der Waals surface area contributed by atoms with Crippen LogP contribution in [0.5, 0.6) is 0 Å². The Hall–Kier alpha value is -2.64. The van der Waals surface area contributed by atoms with Gasteiger partial charge in [0.15, 0.2) is 0 Å². The number of anilines is 1. The molecule has 7 nitrogen and oxygen atoms in total. The minimum atomic E-state index is -1.05. The van der Waals surface area contributed by atoms with E-state index in [-0.39, 0.29) is 5.56 Å². The van der Waals surface area contributed by atoms with E-state index in [9.17, 15) is 4.79 Å². The lowest BCUT2D eigenvalue weighted by atomic mass is 10.1. The van der Waals surface area contributed by atoms with E-state index in [4.69, 9.17) is 16.7 Å². The summed E-state index contributed by atoms with van der Waals surface area (Å²) >= 11 is 6.33. The van der Waals surface area contributed by atoms with Gasteiger partial charge < -0.3 is 20.7 Å². The highest BCUT2D eigenvalue weighted by atomic mass is 35.5. The Labute approximate surface area is 154 Å². The smallest absolute Gasteiger partial charge is 0.337 e. The molecule has 1 aliphatic rings. The molecule has 3 aromatic heterocycles. The van der Waals surface area contributed by atoms with Gasteiger partial charge in [0.05, 0.1) is 16.3 Å². The van der Waals surface area contributed by atoms with Crippen LogP contribution in [0, 0.1) is 0 Å². The maximum absolute atomic E-state index is 11.1. The van der Waals surface area contributed by atoms with Gasteiger partial charge in [0, 0.05) is 29.4 Å². The molecule has 1 aliphatic heterocycles. The Morgan fingerprint density at radius 1 is 1.31 bits per heavy atom. The van der Waals surface area contributed by atoms with Crippen LogP contribution in [0.2, 0.25) is 5.02 Å². The van der Waals surface area contributed by atoms with Crippen molar-refractivity contribution in [1.29, 1.82) is 0 Å².